The Labute approximate surface area is 126 Å². The average Bonchev–Trinajstić information content (AvgIpc) is 2.81. The molecule has 1 aromatic heterocycles. The number of nitrogens with two attached hydrogens (primary N) is 1. The van der Waals surface area contributed by atoms with E-state index in [1.54, 1.807) is 4.68 Å². The molecule has 2 atom stereocenters. The maximum Gasteiger partial charge on any atom is 0.141 e. The van der Waals surface area contributed by atoms with Crippen molar-refractivity contribution in [1.29, 1.82) is 0 Å². The van der Waals surface area contributed by atoms with Crippen molar-refractivity contribution in [1.82, 2.24) is 9.78 Å². The molecule has 0 aliphatic heterocycles. The molecule has 21 heavy (non-hydrogen) atoms. The lowest BCUT2D eigenvalue weighted by atomic mass is 9.98. The van der Waals surface area contributed by atoms with E-state index in [9.17, 15) is 0 Å². The summed E-state index contributed by atoms with van der Waals surface area (Å²) in [6.45, 7) is 8.46. The highest BCUT2D eigenvalue weighted by Crippen LogP contribution is 2.28. The van der Waals surface area contributed by atoms with Gasteiger partial charge in [-0.3, -0.25) is 4.68 Å². The van der Waals surface area contributed by atoms with E-state index < -0.39 is 0 Å². The molecule has 0 bridgehead atoms. The third-order valence-electron chi connectivity index (χ3n) is 3.66. The Kier molecular flexibility index (Phi) is 4.68. The Morgan fingerprint density at radius 2 is 1.95 bits per heavy atom. The van der Waals surface area contributed by atoms with Gasteiger partial charge in [-0.2, -0.15) is 5.10 Å². The third-order valence-corrected chi connectivity index (χ3v) is 3.66. The number of aryl methyl sites for hydroxylation is 2. The first kappa shape index (κ1) is 15.6. The highest BCUT2D eigenvalue weighted by molar-refractivity contribution is 5.37. The highest BCUT2D eigenvalue weighted by atomic mass is 16.5. The maximum absolute atomic E-state index is 6.11. The van der Waals surface area contributed by atoms with Gasteiger partial charge >= 0.3 is 0 Å². The van der Waals surface area contributed by atoms with Gasteiger partial charge in [-0.1, -0.05) is 19.9 Å². The third kappa shape index (κ3) is 3.64. The van der Waals surface area contributed by atoms with E-state index in [-0.39, 0.29) is 12.1 Å². The second-order valence-corrected chi connectivity index (χ2v) is 6.02. The lowest BCUT2D eigenvalue weighted by molar-refractivity contribution is 0.180. The van der Waals surface area contributed by atoms with Crippen molar-refractivity contribution in [2.75, 3.05) is 0 Å². The molecule has 4 nitrogen and oxygen atoms in total. The minimum absolute atomic E-state index is 0.112. The maximum atomic E-state index is 6.11. The van der Waals surface area contributed by atoms with Crippen molar-refractivity contribution in [2.45, 2.75) is 45.8 Å². The van der Waals surface area contributed by atoms with Crippen molar-refractivity contribution in [3.05, 3.63) is 47.3 Å². The summed E-state index contributed by atoms with van der Waals surface area (Å²) < 4.78 is 7.88. The van der Waals surface area contributed by atoms with Crippen LogP contribution >= 0.6 is 0 Å². The number of aromatic nitrogens is 2. The van der Waals surface area contributed by atoms with Crippen LogP contribution in [0, 0.1) is 6.92 Å². The van der Waals surface area contributed by atoms with Crippen molar-refractivity contribution in [2.24, 2.45) is 12.8 Å². The van der Waals surface area contributed by atoms with E-state index in [1.165, 1.54) is 11.1 Å². The van der Waals surface area contributed by atoms with Crippen LogP contribution < -0.4 is 10.5 Å². The van der Waals surface area contributed by atoms with Crippen molar-refractivity contribution in [3.8, 4) is 5.75 Å². The lowest BCUT2D eigenvalue weighted by Gasteiger charge is -2.22. The predicted octanol–water partition coefficient (Wildman–Crippen LogP) is 3.32. The van der Waals surface area contributed by atoms with Gasteiger partial charge in [0.15, 0.2) is 0 Å². The lowest BCUT2D eigenvalue weighted by Crippen LogP contribution is -2.28. The number of ether oxygens (including phenoxy) is 1. The fraction of sp³-hybridized carbons (Fsp3) is 0.471. The molecule has 0 spiro atoms. The van der Waals surface area contributed by atoms with Crippen LogP contribution in [0.2, 0.25) is 0 Å². The number of hydrogen-bond donors (Lipinski definition) is 1. The summed E-state index contributed by atoms with van der Waals surface area (Å²) in [5.74, 6) is 1.37. The first-order valence-electron chi connectivity index (χ1n) is 7.39. The monoisotopic (exact) mass is 287 g/mol. The van der Waals surface area contributed by atoms with Crippen LogP contribution in [0.1, 0.15) is 49.5 Å². The first-order chi connectivity index (χ1) is 9.88. The molecule has 0 saturated heterocycles. The van der Waals surface area contributed by atoms with Gasteiger partial charge in [-0.25, -0.2) is 0 Å². The number of hydrogen-bond acceptors (Lipinski definition) is 3. The molecule has 0 aliphatic rings. The van der Waals surface area contributed by atoms with E-state index in [0.29, 0.717) is 5.92 Å². The highest BCUT2D eigenvalue weighted by Gasteiger charge is 2.20. The largest absolute Gasteiger partial charge is 0.484 e. The fourth-order valence-electron chi connectivity index (χ4n) is 2.58. The molecule has 0 aliphatic carbocycles. The van der Waals surface area contributed by atoms with Crippen molar-refractivity contribution in [3.63, 3.8) is 0 Å². The van der Waals surface area contributed by atoms with Gasteiger partial charge in [0.1, 0.15) is 11.9 Å². The summed E-state index contributed by atoms with van der Waals surface area (Å²) in [7, 11) is 1.89. The molecule has 2 unspecified atom stereocenters. The second-order valence-electron chi connectivity index (χ2n) is 6.02. The summed E-state index contributed by atoms with van der Waals surface area (Å²) in [5.41, 5.74) is 9.67. The van der Waals surface area contributed by atoms with Crippen LogP contribution in [0.15, 0.2) is 30.6 Å². The number of nitrogens with zero attached hydrogens (tertiary/aromatic N) is 2. The standard InChI is InChI=1S/C17H25N3O/c1-11(2)16-7-6-15(8-12(16)3)21-17(13(4)18)14-9-19-20(5)10-14/h6-11,13,17H,18H2,1-5H3. The Hall–Kier alpha value is -1.81. The number of rotatable bonds is 5. The Morgan fingerprint density at radius 3 is 2.43 bits per heavy atom. The molecule has 1 aromatic carbocycles. The smallest absolute Gasteiger partial charge is 0.141 e. The quantitative estimate of drug-likeness (QED) is 0.917. The zero-order chi connectivity index (χ0) is 15.6. The van der Waals surface area contributed by atoms with Crippen LogP contribution in [0.5, 0.6) is 5.75 Å². The number of benzene rings is 1. The molecule has 2 aromatic rings. The van der Waals surface area contributed by atoms with Gasteiger partial charge in [0.2, 0.25) is 0 Å². The summed E-state index contributed by atoms with van der Waals surface area (Å²) in [6, 6.07) is 6.13. The van der Waals surface area contributed by atoms with E-state index in [1.807, 2.05) is 32.4 Å². The topological polar surface area (TPSA) is 53.1 Å². The van der Waals surface area contributed by atoms with Crippen molar-refractivity contribution < 1.29 is 4.74 Å². The molecular formula is C17H25N3O. The van der Waals surface area contributed by atoms with Gasteiger partial charge in [-0.05, 0) is 43.0 Å². The minimum atomic E-state index is -0.192. The Bertz CT molecular complexity index is 602. The summed E-state index contributed by atoms with van der Waals surface area (Å²) in [5, 5.41) is 4.20. The molecule has 1 heterocycles. The Balaban J connectivity index is 2.23. The van der Waals surface area contributed by atoms with Gasteiger partial charge in [0, 0.05) is 24.8 Å². The molecule has 0 radical (unpaired) electrons. The zero-order valence-corrected chi connectivity index (χ0v) is 13.5. The van der Waals surface area contributed by atoms with E-state index >= 15 is 0 Å². The molecule has 114 valence electrons. The van der Waals surface area contributed by atoms with Gasteiger partial charge in [0.25, 0.3) is 0 Å². The molecule has 2 N–H and O–H groups in total. The molecule has 0 amide bonds. The molecule has 0 fully saturated rings. The van der Waals surface area contributed by atoms with E-state index in [2.05, 4.69) is 38.0 Å². The van der Waals surface area contributed by atoms with Crippen LogP contribution in [0.3, 0.4) is 0 Å². The van der Waals surface area contributed by atoms with Crippen molar-refractivity contribution >= 4 is 0 Å². The minimum Gasteiger partial charge on any atom is -0.484 e. The molecule has 4 heteroatoms. The summed E-state index contributed by atoms with van der Waals surface area (Å²) >= 11 is 0. The van der Waals surface area contributed by atoms with Crippen LogP contribution in [0.4, 0.5) is 0 Å². The van der Waals surface area contributed by atoms with Gasteiger partial charge < -0.3 is 10.5 Å². The second kappa shape index (κ2) is 6.31. The predicted molar refractivity (Wildman–Crippen MR) is 85.5 cm³/mol. The summed E-state index contributed by atoms with van der Waals surface area (Å²) in [6.07, 6.45) is 3.57. The molecular weight excluding hydrogens is 262 g/mol. The SMILES string of the molecule is Cc1cc(OC(c2cnn(C)c2)C(C)N)ccc1C(C)C. The van der Waals surface area contributed by atoms with Crippen LogP contribution in [-0.4, -0.2) is 15.8 Å². The average molecular weight is 287 g/mol. The van der Waals surface area contributed by atoms with E-state index in [4.69, 9.17) is 10.5 Å². The normalized spacial score (nSPS) is 14.2. The first-order valence-corrected chi connectivity index (χ1v) is 7.39. The van der Waals surface area contributed by atoms with Crippen LogP contribution in [0.25, 0.3) is 0 Å². The molecule has 0 saturated carbocycles. The van der Waals surface area contributed by atoms with Crippen LogP contribution in [-0.2, 0) is 7.05 Å². The van der Waals surface area contributed by atoms with E-state index in [0.717, 1.165) is 11.3 Å². The molecule has 2 rings (SSSR count). The van der Waals surface area contributed by atoms with Gasteiger partial charge in [0.05, 0.1) is 6.20 Å². The van der Waals surface area contributed by atoms with Gasteiger partial charge in [-0.15, -0.1) is 0 Å². The zero-order valence-electron chi connectivity index (χ0n) is 13.5. The fourth-order valence-corrected chi connectivity index (χ4v) is 2.58. The summed E-state index contributed by atoms with van der Waals surface area (Å²) in [4.78, 5) is 0. The Morgan fingerprint density at radius 1 is 1.24 bits per heavy atom.